The van der Waals surface area contributed by atoms with Gasteiger partial charge in [0.05, 0.1) is 17.9 Å². The lowest BCUT2D eigenvalue weighted by Crippen LogP contribution is -2.30. The van der Waals surface area contributed by atoms with E-state index in [-0.39, 0.29) is 17.9 Å². The molecule has 0 saturated carbocycles. The van der Waals surface area contributed by atoms with E-state index in [1.807, 2.05) is 35.7 Å². The quantitative estimate of drug-likeness (QED) is 0.334. The zero-order valence-corrected chi connectivity index (χ0v) is 17.9. The minimum absolute atomic E-state index is 0.0352. The second-order valence-electron chi connectivity index (χ2n) is 6.37. The Morgan fingerprint density at radius 2 is 2.07 bits per heavy atom. The number of hydrazone groups is 1. The molecule has 0 unspecified atom stereocenters. The number of halogens is 1. The molecule has 9 heteroatoms. The Hall–Kier alpha value is -3.30. The first-order chi connectivity index (χ1) is 14.5. The summed E-state index contributed by atoms with van der Waals surface area (Å²) in [5.41, 5.74) is 4.23. The highest BCUT2D eigenvalue weighted by molar-refractivity contribution is 9.10. The first-order valence-electron chi connectivity index (χ1n) is 8.85. The average Bonchev–Trinajstić information content (AvgIpc) is 3.18. The van der Waals surface area contributed by atoms with Crippen LogP contribution in [0.5, 0.6) is 5.75 Å². The molecule has 0 atom stereocenters. The van der Waals surface area contributed by atoms with Gasteiger partial charge in [-0.15, -0.1) is 11.3 Å². The number of carbonyl (C=O) groups excluding carboxylic acids is 1. The maximum atomic E-state index is 13.0. The van der Waals surface area contributed by atoms with E-state index >= 15 is 0 Å². The number of thiophene rings is 1. The summed E-state index contributed by atoms with van der Waals surface area (Å²) in [6.45, 7) is -0.229. The molecule has 0 aliphatic heterocycles. The number of fused-ring (bicyclic) bond motifs is 1. The summed E-state index contributed by atoms with van der Waals surface area (Å²) < 4.78 is 2.02. The second-order valence-corrected chi connectivity index (χ2v) is 8.14. The Balaban J connectivity index is 1.54. The van der Waals surface area contributed by atoms with E-state index < -0.39 is 5.91 Å². The topological polar surface area (TPSA) is 96.6 Å². The molecule has 7 nitrogen and oxygen atoms in total. The zero-order chi connectivity index (χ0) is 21.1. The van der Waals surface area contributed by atoms with Crippen molar-refractivity contribution in [1.82, 2.24) is 15.0 Å². The third kappa shape index (κ3) is 4.17. The summed E-state index contributed by atoms with van der Waals surface area (Å²) in [6.07, 6.45) is 2.69. The van der Waals surface area contributed by atoms with Crippen LogP contribution in [0.25, 0.3) is 21.3 Å². The normalized spacial score (nSPS) is 11.2. The van der Waals surface area contributed by atoms with E-state index in [0.29, 0.717) is 15.8 Å². The molecule has 0 spiro atoms. The van der Waals surface area contributed by atoms with Crippen LogP contribution in [0.2, 0.25) is 0 Å². The van der Waals surface area contributed by atoms with Crippen LogP contribution in [0.1, 0.15) is 5.56 Å². The van der Waals surface area contributed by atoms with Crippen LogP contribution in [0.15, 0.2) is 74.6 Å². The Kier molecular flexibility index (Phi) is 5.73. The lowest BCUT2D eigenvalue weighted by molar-refractivity contribution is -0.121. The third-order valence-corrected chi connectivity index (χ3v) is 5.72. The minimum Gasteiger partial charge on any atom is -0.507 e. The lowest BCUT2D eigenvalue weighted by atomic mass is 10.1. The molecule has 150 valence electrons. The number of aromatic nitrogens is 2. The largest absolute Gasteiger partial charge is 0.507 e. The van der Waals surface area contributed by atoms with Gasteiger partial charge in [0.2, 0.25) is 0 Å². The molecule has 0 aliphatic rings. The summed E-state index contributed by atoms with van der Waals surface area (Å²) in [6, 6.07) is 14.4. The fourth-order valence-electron chi connectivity index (χ4n) is 2.90. The molecule has 4 aromatic rings. The Bertz CT molecular complexity index is 1320. The summed E-state index contributed by atoms with van der Waals surface area (Å²) in [4.78, 5) is 30.2. The first-order valence-corrected chi connectivity index (χ1v) is 10.5. The van der Waals surface area contributed by atoms with Gasteiger partial charge in [0.25, 0.3) is 11.5 Å². The molecule has 0 aliphatic carbocycles. The van der Waals surface area contributed by atoms with Crippen molar-refractivity contribution < 1.29 is 9.90 Å². The predicted molar refractivity (Wildman–Crippen MR) is 121 cm³/mol. The number of amides is 1. The van der Waals surface area contributed by atoms with Gasteiger partial charge in [-0.05, 0) is 23.8 Å². The van der Waals surface area contributed by atoms with Crippen molar-refractivity contribution in [3.05, 3.63) is 80.6 Å². The number of aromatic hydroxyl groups is 1. The molecule has 4 rings (SSSR count). The van der Waals surface area contributed by atoms with Gasteiger partial charge < -0.3 is 5.11 Å². The highest BCUT2D eigenvalue weighted by Gasteiger charge is 2.14. The average molecular weight is 483 g/mol. The van der Waals surface area contributed by atoms with Gasteiger partial charge in [-0.1, -0.05) is 46.3 Å². The van der Waals surface area contributed by atoms with Gasteiger partial charge in [-0.3, -0.25) is 14.2 Å². The standard InChI is InChI=1S/C21H15BrN4O3S/c22-15-6-7-17(27)14(8-15)9-24-25-18(28)10-26-12-23-20-19(21(26)29)16(11-30-20)13-4-2-1-3-5-13/h1-9,11-12,27H,10H2,(H,25,28). The first kappa shape index (κ1) is 20.0. The SMILES string of the molecule is O=C(Cn1cnc2scc(-c3ccccc3)c2c1=O)NN=Cc1cc(Br)ccc1O. The molecular weight excluding hydrogens is 468 g/mol. The van der Waals surface area contributed by atoms with E-state index in [9.17, 15) is 14.7 Å². The van der Waals surface area contributed by atoms with Crippen LogP contribution in [0, 0.1) is 0 Å². The lowest BCUT2D eigenvalue weighted by Gasteiger charge is -2.05. The smallest absolute Gasteiger partial charge is 0.263 e. The van der Waals surface area contributed by atoms with Gasteiger partial charge in [0, 0.05) is 21.0 Å². The molecule has 2 N–H and O–H groups in total. The van der Waals surface area contributed by atoms with Crippen LogP contribution in [-0.2, 0) is 11.3 Å². The number of rotatable bonds is 5. The molecule has 0 fully saturated rings. The highest BCUT2D eigenvalue weighted by Crippen LogP contribution is 2.30. The molecule has 2 aromatic heterocycles. The number of benzene rings is 2. The predicted octanol–water partition coefficient (Wildman–Crippen LogP) is 3.74. The highest BCUT2D eigenvalue weighted by atomic mass is 79.9. The van der Waals surface area contributed by atoms with E-state index in [1.54, 1.807) is 12.1 Å². The van der Waals surface area contributed by atoms with E-state index in [0.717, 1.165) is 15.6 Å². The molecule has 1 amide bonds. The van der Waals surface area contributed by atoms with Crippen LogP contribution in [0.3, 0.4) is 0 Å². The van der Waals surface area contributed by atoms with Crippen molar-refractivity contribution in [1.29, 1.82) is 0 Å². The van der Waals surface area contributed by atoms with Gasteiger partial charge in [0.1, 0.15) is 17.1 Å². The minimum atomic E-state index is -0.486. The van der Waals surface area contributed by atoms with Crippen molar-refractivity contribution in [2.24, 2.45) is 5.10 Å². The van der Waals surface area contributed by atoms with Crippen LogP contribution >= 0.6 is 27.3 Å². The van der Waals surface area contributed by atoms with Crippen molar-refractivity contribution in [3.63, 3.8) is 0 Å². The van der Waals surface area contributed by atoms with Crippen molar-refractivity contribution in [3.8, 4) is 16.9 Å². The Labute approximate surface area is 183 Å². The van der Waals surface area contributed by atoms with Gasteiger partial charge >= 0.3 is 0 Å². The number of phenolic OH excluding ortho intramolecular Hbond substituents is 1. The maximum absolute atomic E-state index is 13.0. The fourth-order valence-corrected chi connectivity index (χ4v) is 4.19. The summed E-state index contributed by atoms with van der Waals surface area (Å²) in [7, 11) is 0. The molecule has 0 radical (unpaired) electrons. The zero-order valence-electron chi connectivity index (χ0n) is 15.4. The summed E-state index contributed by atoms with van der Waals surface area (Å²) in [5, 5.41) is 16.0. The fraction of sp³-hybridized carbons (Fsp3) is 0.0476. The molecule has 30 heavy (non-hydrogen) atoms. The number of nitrogens with one attached hydrogen (secondary N) is 1. The van der Waals surface area contributed by atoms with Crippen LogP contribution in [-0.4, -0.2) is 26.8 Å². The monoisotopic (exact) mass is 482 g/mol. The number of phenols is 1. The van der Waals surface area contributed by atoms with Crippen LogP contribution < -0.4 is 11.0 Å². The van der Waals surface area contributed by atoms with Gasteiger partial charge in [0.15, 0.2) is 0 Å². The van der Waals surface area contributed by atoms with Crippen LogP contribution in [0.4, 0.5) is 0 Å². The number of nitrogens with zero attached hydrogens (tertiary/aromatic N) is 3. The van der Waals surface area contributed by atoms with Crippen molar-refractivity contribution >= 4 is 49.6 Å². The van der Waals surface area contributed by atoms with Crippen molar-refractivity contribution in [2.75, 3.05) is 0 Å². The van der Waals surface area contributed by atoms with Gasteiger partial charge in [-0.2, -0.15) is 5.10 Å². The molecule has 2 heterocycles. The third-order valence-electron chi connectivity index (χ3n) is 4.34. The molecular formula is C21H15BrN4O3S. The van der Waals surface area contributed by atoms with Crippen molar-refractivity contribution in [2.45, 2.75) is 6.54 Å². The number of hydrogen-bond acceptors (Lipinski definition) is 6. The summed E-state index contributed by atoms with van der Waals surface area (Å²) in [5.74, 6) is -0.451. The van der Waals surface area contributed by atoms with E-state index in [1.165, 1.54) is 34.5 Å². The maximum Gasteiger partial charge on any atom is 0.263 e. The Morgan fingerprint density at radius 1 is 1.27 bits per heavy atom. The number of hydrogen-bond donors (Lipinski definition) is 2. The molecule has 0 saturated heterocycles. The Morgan fingerprint density at radius 3 is 2.87 bits per heavy atom. The summed E-state index contributed by atoms with van der Waals surface area (Å²) >= 11 is 4.69. The molecule has 0 bridgehead atoms. The van der Waals surface area contributed by atoms with Gasteiger partial charge in [-0.25, -0.2) is 10.4 Å². The van der Waals surface area contributed by atoms with E-state index in [2.05, 4.69) is 31.4 Å². The number of carbonyl (C=O) groups is 1. The van der Waals surface area contributed by atoms with E-state index in [4.69, 9.17) is 0 Å². The molecule has 2 aromatic carbocycles. The second kappa shape index (κ2) is 8.60.